The summed E-state index contributed by atoms with van der Waals surface area (Å²) in [4.78, 5) is 20.4. The maximum Gasteiger partial charge on any atom is 0.258 e. The van der Waals surface area contributed by atoms with Gasteiger partial charge < -0.3 is 10.6 Å². The van der Waals surface area contributed by atoms with Crippen LogP contribution in [0.15, 0.2) is 67.3 Å². The molecule has 0 spiro atoms. The maximum atomic E-state index is 13.8. The van der Waals surface area contributed by atoms with Crippen LogP contribution in [-0.4, -0.2) is 25.7 Å². The van der Waals surface area contributed by atoms with Crippen molar-refractivity contribution in [2.45, 2.75) is 0 Å². The number of rotatable bonds is 5. The highest BCUT2D eigenvalue weighted by atomic mass is 19.2. The second-order valence-corrected chi connectivity index (χ2v) is 6.09. The lowest BCUT2D eigenvalue weighted by molar-refractivity contribution is 0.102. The van der Waals surface area contributed by atoms with E-state index in [-0.39, 0.29) is 0 Å². The van der Waals surface area contributed by atoms with E-state index in [1.807, 2.05) is 0 Å². The highest BCUT2D eigenvalue weighted by Gasteiger charge is 2.18. The molecule has 0 saturated heterocycles. The summed E-state index contributed by atoms with van der Waals surface area (Å²) in [6.07, 6.45) is 4.78. The topological polar surface area (TPSA) is 84.7 Å². The largest absolute Gasteiger partial charge is 0.340 e. The summed E-state index contributed by atoms with van der Waals surface area (Å²) >= 11 is 0. The number of hydrogen-bond acceptors (Lipinski definition) is 5. The highest BCUT2D eigenvalue weighted by molar-refractivity contribution is 6.04. The van der Waals surface area contributed by atoms with Crippen LogP contribution in [0, 0.1) is 17.5 Å². The van der Waals surface area contributed by atoms with Gasteiger partial charge in [0.1, 0.15) is 12.1 Å². The third-order valence-corrected chi connectivity index (χ3v) is 4.09. The summed E-state index contributed by atoms with van der Waals surface area (Å²) in [6, 6.07) is 11.5. The number of anilines is 3. The molecule has 0 aliphatic rings. The van der Waals surface area contributed by atoms with Crippen LogP contribution >= 0.6 is 0 Å². The number of benzene rings is 2. The third-order valence-electron chi connectivity index (χ3n) is 4.09. The minimum absolute atomic E-state index is 0.342. The van der Waals surface area contributed by atoms with Gasteiger partial charge in [-0.15, -0.1) is 0 Å². The van der Waals surface area contributed by atoms with Crippen molar-refractivity contribution in [2.75, 3.05) is 10.6 Å². The van der Waals surface area contributed by atoms with Gasteiger partial charge in [0.25, 0.3) is 5.91 Å². The SMILES string of the molecule is O=C(Nc1ccc(Nc2cc(-n3cccn3)ncn2)cc1)c1ccc(F)c(F)c1F. The molecule has 4 aromatic rings. The van der Waals surface area contributed by atoms with Crippen LogP contribution in [0.2, 0.25) is 0 Å². The maximum absolute atomic E-state index is 13.8. The number of carbonyl (C=O) groups excluding carboxylic acids is 1. The molecule has 0 fully saturated rings. The van der Waals surface area contributed by atoms with Crippen LogP contribution in [0.1, 0.15) is 10.4 Å². The zero-order valence-electron chi connectivity index (χ0n) is 15.2. The summed E-state index contributed by atoms with van der Waals surface area (Å²) < 4.78 is 41.7. The normalized spacial score (nSPS) is 10.6. The molecule has 0 aliphatic heterocycles. The van der Waals surface area contributed by atoms with Crippen molar-refractivity contribution in [1.29, 1.82) is 0 Å². The van der Waals surface area contributed by atoms with Gasteiger partial charge in [0.05, 0.1) is 5.56 Å². The molecule has 7 nitrogen and oxygen atoms in total. The van der Waals surface area contributed by atoms with Crippen LogP contribution in [0.5, 0.6) is 0 Å². The van der Waals surface area contributed by atoms with Crippen molar-refractivity contribution in [3.05, 3.63) is 90.3 Å². The first-order valence-corrected chi connectivity index (χ1v) is 8.65. The molecule has 10 heteroatoms. The Labute approximate surface area is 168 Å². The van der Waals surface area contributed by atoms with Crippen LogP contribution in [0.4, 0.5) is 30.4 Å². The quantitative estimate of drug-likeness (QED) is 0.485. The number of hydrogen-bond donors (Lipinski definition) is 2. The molecule has 1 amide bonds. The molecule has 150 valence electrons. The Morgan fingerprint density at radius 2 is 1.70 bits per heavy atom. The standard InChI is InChI=1S/C20H13F3N6O/c21-15-7-6-14(18(22)19(15)23)20(30)28-13-4-2-12(3-5-13)27-16-10-17(25-11-24-16)29-9-1-8-26-29/h1-11H,(H,28,30)(H,24,25,27). The molecule has 0 unspecified atom stereocenters. The molecule has 0 radical (unpaired) electrons. The van der Waals surface area contributed by atoms with E-state index in [4.69, 9.17) is 0 Å². The van der Waals surface area contributed by atoms with E-state index in [1.165, 1.54) is 6.33 Å². The Morgan fingerprint density at radius 1 is 0.933 bits per heavy atom. The van der Waals surface area contributed by atoms with E-state index < -0.39 is 28.9 Å². The smallest absolute Gasteiger partial charge is 0.258 e. The number of amides is 1. The van der Waals surface area contributed by atoms with Gasteiger partial charge in [-0.1, -0.05) is 0 Å². The van der Waals surface area contributed by atoms with Crippen molar-refractivity contribution >= 4 is 23.1 Å². The molecule has 0 atom stereocenters. The first-order valence-electron chi connectivity index (χ1n) is 8.65. The Balaban J connectivity index is 1.45. The molecule has 30 heavy (non-hydrogen) atoms. The molecule has 0 bridgehead atoms. The molecule has 2 heterocycles. The van der Waals surface area contributed by atoms with E-state index in [0.717, 1.165) is 6.07 Å². The average molecular weight is 410 g/mol. The summed E-state index contributed by atoms with van der Waals surface area (Å²) in [5, 5.41) is 9.62. The molecule has 2 aromatic heterocycles. The van der Waals surface area contributed by atoms with E-state index in [1.54, 1.807) is 53.5 Å². The molecular formula is C20H13F3N6O. The number of halogens is 3. The van der Waals surface area contributed by atoms with E-state index in [0.29, 0.717) is 29.1 Å². The lowest BCUT2D eigenvalue weighted by Crippen LogP contribution is -2.15. The van der Waals surface area contributed by atoms with E-state index >= 15 is 0 Å². The lowest BCUT2D eigenvalue weighted by Gasteiger charge is -2.09. The predicted octanol–water partition coefficient (Wildman–Crippen LogP) is 4.08. The molecular weight excluding hydrogens is 397 g/mol. The van der Waals surface area contributed by atoms with Crippen LogP contribution in [0.25, 0.3) is 5.82 Å². The van der Waals surface area contributed by atoms with E-state index in [2.05, 4.69) is 25.7 Å². The second kappa shape index (κ2) is 8.03. The van der Waals surface area contributed by atoms with Gasteiger partial charge in [-0.3, -0.25) is 4.79 Å². The predicted molar refractivity (Wildman–Crippen MR) is 103 cm³/mol. The molecule has 2 aromatic carbocycles. The third kappa shape index (κ3) is 3.97. The monoisotopic (exact) mass is 410 g/mol. The fraction of sp³-hybridized carbons (Fsp3) is 0. The Bertz CT molecular complexity index is 1200. The fourth-order valence-corrected chi connectivity index (χ4v) is 2.63. The number of aromatic nitrogens is 4. The minimum Gasteiger partial charge on any atom is -0.340 e. The molecule has 0 aliphatic carbocycles. The van der Waals surface area contributed by atoms with Crippen molar-refractivity contribution in [1.82, 2.24) is 19.7 Å². The Kier molecular flexibility index (Phi) is 5.12. The van der Waals surface area contributed by atoms with Gasteiger partial charge >= 0.3 is 0 Å². The first-order chi connectivity index (χ1) is 14.5. The number of carbonyl (C=O) groups is 1. The van der Waals surface area contributed by atoms with Crippen molar-refractivity contribution in [3.8, 4) is 5.82 Å². The zero-order chi connectivity index (χ0) is 21.1. The molecule has 4 rings (SSSR count). The summed E-state index contributed by atoms with van der Waals surface area (Å²) in [5.74, 6) is -4.39. The van der Waals surface area contributed by atoms with Crippen LogP contribution in [-0.2, 0) is 0 Å². The molecule has 0 saturated carbocycles. The van der Waals surface area contributed by atoms with Crippen molar-refractivity contribution < 1.29 is 18.0 Å². The van der Waals surface area contributed by atoms with Gasteiger partial charge in [-0.2, -0.15) is 5.10 Å². The van der Waals surface area contributed by atoms with Crippen LogP contribution < -0.4 is 10.6 Å². The van der Waals surface area contributed by atoms with Gasteiger partial charge in [-0.25, -0.2) is 27.8 Å². The number of nitrogens with zero attached hydrogens (tertiary/aromatic N) is 4. The summed E-state index contributed by atoms with van der Waals surface area (Å²) in [7, 11) is 0. The van der Waals surface area contributed by atoms with Crippen molar-refractivity contribution in [3.63, 3.8) is 0 Å². The first kappa shape index (κ1) is 19.1. The number of nitrogens with one attached hydrogen (secondary N) is 2. The van der Waals surface area contributed by atoms with Crippen molar-refractivity contribution in [2.24, 2.45) is 0 Å². The second-order valence-electron chi connectivity index (χ2n) is 6.09. The van der Waals surface area contributed by atoms with Gasteiger partial charge in [-0.05, 0) is 42.5 Å². The average Bonchev–Trinajstić information content (AvgIpc) is 3.29. The zero-order valence-corrected chi connectivity index (χ0v) is 15.2. The highest BCUT2D eigenvalue weighted by Crippen LogP contribution is 2.20. The minimum atomic E-state index is -1.69. The summed E-state index contributed by atoms with van der Waals surface area (Å²) in [6.45, 7) is 0. The molecule has 2 N–H and O–H groups in total. The lowest BCUT2D eigenvalue weighted by atomic mass is 10.1. The van der Waals surface area contributed by atoms with Crippen LogP contribution in [0.3, 0.4) is 0 Å². The van der Waals surface area contributed by atoms with Gasteiger partial charge in [0.15, 0.2) is 23.3 Å². The van der Waals surface area contributed by atoms with E-state index in [9.17, 15) is 18.0 Å². The van der Waals surface area contributed by atoms with Gasteiger partial charge in [0.2, 0.25) is 0 Å². The van der Waals surface area contributed by atoms with Gasteiger partial charge in [0, 0.05) is 29.8 Å². The Hall–Kier alpha value is -4.21. The Morgan fingerprint density at radius 3 is 2.43 bits per heavy atom. The fourth-order valence-electron chi connectivity index (χ4n) is 2.63. The summed E-state index contributed by atoms with van der Waals surface area (Å²) in [5.41, 5.74) is 0.412.